The Kier molecular flexibility index (Phi) is 4.73. The van der Waals surface area contributed by atoms with Crippen LogP contribution in [-0.2, 0) is 4.79 Å². The van der Waals surface area contributed by atoms with Crippen LogP contribution in [0.15, 0.2) is 0 Å². The first kappa shape index (κ1) is 11.8. The lowest BCUT2D eigenvalue weighted by Crippen LogP contribution is -2.42. The molecule has 1 aliphatic carbocycles. The first-order valence-corrected chi connectivity index (χ1v) is 6.02. The maximum atomic E-state index is 11.3. The van der Waals surface area contributed by atoms with Crippen molar-refractivity contribution in [3.8, 4) is 0 Å². The lowest BCUT2D eigenvalue weighted by Gasteiger charge is -2.33. The van der Waals surface area contributed by atoms with E-state index >= 15 is 0 Å². The maximum Gasteiger partial charge on any atom is 0.221 e. The van der Waals surface area contributed by atoms with E-state index in [0.29, 0.717) is 24.3 Å². The van der Waals surface area contributed by atoms with Gasteiger partial charge in [0.15, 0.2) is 0 Å². The SMILES string of the molecule is CC1CCC(NC(=O)CCCl)C(C)C1. The predicted octanol–water partition coefficient (Wildman–Crippen LogP) is 2.56. The van der Waals surface area contributed by atoms with Gasteiger partial charge in [-0.1, -0.05) is 13.8 Å². The summed E-state index contributed by atoms with van der Waals surface area (Å²) in [5, 5.41) is 3.07. The second kappa shape index (κ2) is 5.59. The van der Waals surface area contributed by atoms with Gasteiger partial charge < -0.3 is 5.32 Å². The standard InChI is InChI=1S/C11H20ClNO/c1-8-3-4-10(9(2)7-8)13-11(14)5-6-12/h8-10H,3-7H2,1-2H3,(H,13,14). The fraction of sp³-hybridized carbons (Fsp3) is 0.909. The van der Waals surface area contributed by atoms with Crippen molar-refractivity contribution >= 4 is 17.5 Å². The highest BCUT2D eigenvalue weighted by Gasteiger charge is 2.25. The normalized spacial score (nSPS) is 32.6. The summed E-state index contributed by atoms with van der Waals surface area (Å²) in [6.07, 6.45) is 4.03. The summed E-state index contributed by atoms with van der Waals surface area (Å²) in [6.45, 7) is 4.51. The largest absolute Gasteiger partial charge is 0.353 e. The molecule has 82 valence electrons. The highest BCUT2D eigenvalue weighted by molar-refractivity contribution is 6.18. The van der Waals surface area contributed by atoms with Gasteiger partial charge in [0.1, 0.15) is 0 Å². The van der Waals surface area contributed by atoms with Crippen LogP contribution in [0.25, 0.3) is 0 Å². The van der Waals surface area contributed by atoms with Gasteiger partial charge in [0.2, 0.25) is 5.91 Å². The Morgan fingerprint density at radius 3 is 2.71 bits per heavy atom. The zero-order chi connectivity index (χ0) is 10.6. The van der Waals surface area contributed by atoms with Crippen LogP contribution in [0.5, 0.6) is 0 Å². The Bertz CT molecular complexity index is 196. The van der Waals surface area contributed by atoms with Gasteiger partial charge >= 0.3 is 0 Å². The summed E-state index contributed by atoms with van der Waals surface area (Å²) >= 11 is 5.51. The van der Waals surface area contributed by atoms with E-state index in [-0.39, 0.29) is 5.91 Å². The van der Waals surface area contributed by atoms with Crippen molar-refractivity contribution in [1.29, 1.82) is 0 Å². The third-order valence-corrected chi connectivity index (χ3v) is 3.29. The van der Waals surface area contributed by atoms with E-state index in [1.807, 2.05) is 0 Å². The number of carbonyl (C=O) groups excluding carboxylic acids is 1. The third kappa shape index (κ3) is 3.49. The van der Waals surface area contributed by atoms with Crippen LogP contribution >= 0.6 is 11.6 Å². The minimum Gasteiger partial charge on any atom is -0.353 e. The Morgan fingerprint density at radius 2 is 2.14 bits per heavy atom. The Hall–Kier alpha value is -0.240. The summed E-state index contributed by atoms with van der Waals surface area (Å²) in [5.41, 5.74) is 0. The topological polar surface area (TPSA) is 29.1 Å². The van der Waals surface area contributed by atoms with Crippen LogP contribution in [0.4, 0.5) is 0 Å². The molecule has 3 unspecified atom stereocenters. The van der Waals surface area contributed by atoms with Crippen LogP contribution < -0.4 is 5.32 Å². The van der Waals surface area contributed by atoms with Crippen LogP contribution in [0.1, 0.15) is 39.5 Å². The molecule has 1 fully saturated rings. The number of nitrogens with one attached hydrogen (secondary N) is 1. The van der Waals surface area contributed by atoms with Crippen molar-refractivity contribution in [2.75, 3.05) is 5.88 Å². The molecular weight excluding hydrogens is 198 g/mol. The molecule has 0 spiro atoms. The van der Waals surface area contributed by atoms with Crippen LogP contribution in [0.3, 0.4) is 0 Å². The molecule has 0 saturated heterocycles. The van der Waals surface area contributed by atoms with Gasteiger partial charge in [-0.25, -0.2) is 0 Å². The number of hydrogen-bond donors (Lipinski definition) is 1. The van der Waals surface area contributed by atoms with Gasteiger partial charge in [-0.05, 0) is 31.1 Å². The number of hydrogen-bond acceptors (Lipinski definition) is 1. The summed E-state index contributed by atoms with van der Waals surface area (Å²) in [6, 6.07) is 0.377. The molecule has 1 saturated carbocycles. The minimum atomic E-state index is 0.103. The smallest absolute Gasteiger partial charge is 0.221 e. The van der Waals surface area contributed by atoms with Gasteiger partial charge in [0, 0.05) is 18.3 Å². The van der Waals surface area contributed by atoms with E-state index in [1.165, 1.54) is 12.8 Å². The molecule has 0 bridgehead atoms. The molecule has 3 heteroatoms. The molecule has 1 aliphatic rings. The van der Waals surface area contributed by atoms with E-state index in [9.17, 15) is 4.79 Å². The average Bonchev–Trinajstić information content (AvgIpc) is 2.10. The van der Waals surface area contributed by atoms with Crippen molar-refractivity contribution < 1.29 is 4.79 Å². The molecular formula is C11H20ClNO. The fourth-order valence-electron chi connectivity index (χ4n) is 2.24. The number of alkyl halides is 1. The zero-order valence-corrected chi connectivity index (χ0v) is 9.81. The molecule has 0 radical (unpaired) electrons. The Labute approximate surface area is 91.4 Å². The molecule has 0 aliphatic heterocycles. The second-order valence-corrected chi connectivity index (χ2v) is 4.89. The lowest BCUT2D eigenvalue weighted by molar-refractivity contribution is -0.122. The highest BCUT2D eigenvalue weighted by Crippen LogP contribution is 2.28. The summed E-state index contributed by atoms with van der Waals surface area (Å²) in [7, 11) is 0. The molecule has 0 aromatic heterocycles. The van der Waals surface area contributed by atoms with Crippen LogP contribution in [0.2, 0.25) is 0 Å². The van der Waals surface area contributed by atoms with Crippen molar-refractivity contribution in [3.05, 3.63) is 0 Å². The van der Waals surface area contributed by atoms with Gasteiger partial charge in [0.25, 0.3) is 0 Å². The van der Waals surface area contributed by atoms with E-state index in [0.717, 1.165) is 12.3 Å². The van der Waals surface area contributed by atoms with Crippen molar-refractivity contribution in [1.82, 2.24) is 5.32 Å². The summed E-state index contributed by atoms with van der Waals surface area (Å²) < 4.78 is 0. The molecule has 1 rings (SSSR count). The number of halogens is 1. The molecule has 2 nitrogen and oxygen atoms in total. The molecule has 3 atom stereocenters. The van der Waals surface area contributed by atoms with Gasteiger partial charge in [-0.3, -0.25) is 4.79 Å². The lowest BCUT2D eigenvalue weighted by atomic mass is 9.80. The molecule has 14 heavy (non-hydrogen) atoms. The molecule has 0 aromatic carbocycles. The molecule has 1 N–H and O–H groups in total. The minimum absolute atomic E-state index is 0.103. The first-order chi connectivity index (χ1) is 6.63. The van der Waals surface area contributed by atoms with Crippen LogP contribution in [-0.4, -0.2) is 17.8 Å². The highest BCUT2D eigenvalue weighted by atomic mass is 35.5. The Balaban J connectivity index is 2.33. The second-order valence-electron chi connectivity index (χ2n) is 4.51. The first-order valence-electron chi connectivity index (χ1n) is 5.48. The number of carbonyl (C=O) groups is 1. The van der Waals surface area contributed by atoms with Crippen molar-refractivity contribution in [2.24, 2.45) is 11.8 Å². The summed E-state index contributed by atoms with van der Waals surface area (Å²) in [5.74, 6) is 1.94. The number of rotatable bonds is 3. The summed E-state index contributed by atoms with van der Waals surface area (Å²) in [4.78, 5) is 11.3. The van der Waals surface area contributed by atoms with Crippen molar-refractivity contribution in [3.63, 3.8) is 0 Å². The fourth-order valence-corrected chi connectivity index (χ4v) is 2.42. The molecule has 0 heterocycles. The molecule has 1 amide bonds. The third-order valence-electron chi connectivity index (χ3n) is 3.10. The van der Waals surface area contributed by atoms with Gasteiger partial charge in [-0.2, -0.15) is 0 Å². The zero-order valence-electron chi connectivity index (χ0n) is 9.05. The quantitative estimate of drug-likeness (QED) is 0.724. The van der Waals surface area contributed by atoms with E-state index in [1.54, 1.807) is 0 Å². The van der Waals surface area contributed by atoms with E-state index in [2.05, 4.69) is 19.2 Å². The maximum absolute atomic E-state index is 11.3. The van der Waals surface area contributed by atoms with E-state index < -0.39 is 0 Å². The number of amides is 1. The van der Waals surface area contributed by atoms with Crippen LogP contribution in [0, 0.1) is 11.8 Å². The average molecular weight is 218 g/mol. The van der Waals surface area contributed by atoms with Gasteiger partial charge in [-0.15, -0.1) is 11.6 Å². The predicted molar refractivity (Wildman–Crippen MR) is 59.4 cm³/mol. The monoisotopic (exact) mass is 217 g/mol. The van der Waals surface area contributed by atoms with Crippen molar-refractivity contribution in [2.45, 2.75) is 45.6 Å². The molecule has 0 aromatic rings. The van der Waals surface area contributed by atoms with E-state index in [4.69, 9.17) is 11.6 Å². The Morgan fingerprint density at radius 1 is 1.43 bits per heavy atom. The van der Waals surface area contributed by atoms with Gasteiger partial charge in [0.05, 0.1) is 0 Å².